The Morgan fingerprint density at radius 2 is 1.55 bits per heavy atom. The van der Waals surface area contributed by atoms with Crippen LogP contribution in [0.25, 0.3) is 16.2 Å². The zero-order valence-corrected chi connectivity index (χ0v) is 20.6. The largest absolute Gasteiger partial charge is 0.491 e. The lowest BCUT2D eigenvalue weighted by Gasteiger charge is -2.14. The summed E-state index contributed by atoms with van der Waals surface area (Å²) in [6.45, 7) is 6.70. The number of hydrogen-bond donors (Lipinski definition) is 0. The lowest BCUT2D eigenvalue weighted by molar-refractivity contribution is 0.206. The van der Waals surface area contributed by atoms with Gasteiger partial charge in [-0.2, -0.15) is 0 Å². The normalized spacial score (nSPS) is 12.5. The summed E-state index contributed by atoms with van der Waals surface area (Å²) < 4.78 is 8.28. The minimum atomic E-state index is 0.269. The number of rotatable bonds is 15. The Morgan fingerprint density at radius 3 is 2.26 bits per heavy atom. The average Bonchev–Trinajstić information content (AvgIpc) is 3.33. The second-order valence-electron chi connectivity index (χ2n) is 8.83. The van der Waals surface area contributed by atoms with E-state index in [4.69, 9.17) is 9.72 Å². The van der Waals surface area contributed by atoms with Crippen LogP contribution in [-0.4, -0.2) is 15.5 Å². The number of imidazole rings is 1. The molecule has 3 aromatic rings. The third-order valence-electron chi connectivity index (χ3n) is 5.93. The Kier molecular flexibility index (Phi) is 9.92. The second-order valence-corrected chi connectivity index (χ2v) is 9.93. The molecule has 1 unspecified atom stereocenters. The standard InChI is InChI=1S/C27H40N2OS/c1-4-6-8-10-11-13-15-25-20-29-21-26(28-27(29)31-25)23-16-18-24(19-17-23)30-22(3)14-12-9-7-5-2/h16-22H,4-15H2,1-3H3. The van der Waals surface area contributed by atoms with Gasteiger partial charge in [-0.3, -0.25) is 4.40 Å². The first-order chi connectivity index (χ1) is 15.2. The van der Waals surface area contributed by atoms with Crippen LogP contribution in [0.15, 0.2) is 36.7 Å². The number of unbranched alkanes of at least 4 members (excludes halogenated alkanes) is 8. The van der Waals surface area contributed by atoms with Crippen LogP contribution >= 0.6 is 11.3 Å². The summed E-state index contributed by atoms with van der Waals surface area (Å²) in [5.41, 5.74) is 2.19. The van der Waals surface area contributed by atoms with Crippen molar-refractivity contribution in [2.75, 3.05) is 0 Å². The van der Waals surface area contributed by atoms with Gasteiger partial charge in [0.25, 0.3) is 0 Å². The maximum Gasteiger partial charge on any atom is 0.194 e. The Hall–Kier alpha value is -1.81. The monoisotopic (exact) mass is 440 g/mol. The van der Waals surface area contributed by atoms with Crippen molar-refractivity contribution >= 4 is 16.3 Å². The Bertz CT molecular complexity index is 849. The number of benzene rings is 1. The molecule has 0 aliphatic carbocycles. The summed E-state index contributed by atoms with van der Waals surface area (Å²) in [4.78, 5) is 7.40. The minimum Gasteiger partial charge on any atom is -0.491 e. The van der Waals surface area contributed by atoms with E-state index in [1.54, 1.807) is 0 Å². The predicted octanol–water partition coefficient (Wildman–Crippen LogP) is 8.70. The summed E-state index contributed by atoms with van der Waals surface area (Å²) in [6.07, 6.45) is 20.2. The summed E-state index contributed by atoms with van der Waals surface area (Å²) in [5, 5.41) is 0. The quantitative estimate of drug-likeness (QED) is 0.221. The second kappa shape index (κ2) is 12.9. The van der Waals surface area contributed by atoms with Crippen molar-refractivity contribution in [2.45, 2.75) is 104 Å². The number of nitrogens with zero attached hydrogens (tertiary/aromatic N) is 2. The summed E-state index contributed by atoms with van der Waals surface area (Å²) in [6, 6.07) is 8.41. The Labute approximate surface area is 192 Å². The smallest absolute Gasteiger partial charge is 0.194 e. The fourth-order valence-corrected chi connectivity index (χ4v) is 5.03. The molecule has 0 radical (unpaired) electrons. The topological polar surface area (TPSA) is 26.5 Å². The molecule has 1 aromatic carbocycles. The van der Waals surface area contributed by atoms with E-state index < -0.39 is 0 Å². The molecule has 0 aliphatic rings. The van der Waals surface area contributed by atoms with Gasteiger partial charge in [0.15, 0.2) is 4.96 Å². The maximum atomic E-state index is 6.09. The van der Waals surface area contributed by atoms with Crippen LogP contribution in [0, 0.1) is 0 Å². The van der Waals surface area contributed by atoms with E-state index in [-0.39, 0.29) is 6.10 Å². The van der Waals surface area contributed by atoms with Crippen LogP contribution in [0.4, 0.5) is 0 Å². The highest BCUT2D eigenvalue weighted by Crippen LogP contribution is 2.27. The molecule has 2 aromatic heterocycles. The first kappa shape index (κ1) is 23.8. The molecular weight excluding hydrogens is 400 g/mol. The van der Waals surface area contributed by atoms with Gasteiger partial charge in [-0.25, -0.2) is 4.98 Å². The molecule has 3 nitrogen and oxygen atoms in total. The summed E-state index contributed by atoms with van der Waals surface area (Å²) in [5.74, 6) is 0.953. The van der Waals surface area contributed by atoms with Crippen molar-refractivity contribution < 1.29 is 4.74 Å². The highest BCUT2D eigenvalue weighted by Gasteiger charge is 2.09. The molecule has 0 amide bonds. The molecule has 170 valence electrons. The van der Waals surface area contributed by atoms with Crippen LogP contribution in [0.2, 0.25) is 0 Å². The highest BCUT2D eigenvalue weighted by atomic mass is 32.1. The van der Waals surface area contributed by atoms with Gasteiger partial charge in [-0.05, 0) is 56.9 Å². The molecule has 3 rings (SSSR count). The number of ether oxygens (including phenoxy) is 1. The predicted molar refractivity (Wildman–Crippen MR) is 134 cm³/mol. The molecule has 1 atom stereocenters. The molecule has 0 fully saturated rings. The molecule has 2 heterocycles. The van der Waals surface area contributed by atoms with Crippen LogP contribution in [-0.2, 0) is 6.42 Å². The van der Waals surface area contributed by atoms with Gasteiger partial charge in [-0.15, -0.1) is 11.3 Å². The molecule has 4 heteroatoms. The number of aromatic nitrogens is 2. The van der Waals surface area contributed by atoms with Crippen LogP contribution in [0.3, 0.4) is 0 Å². The molecule has 0 N–H and O–H groups in total. The van der Waals surface area contributed by atoms with Crippen LogP contribution in [0.1, 0.15) is 96.3 Å². The lowest BCUT2D eigenvalue weighted by Crippen LogP contribution is -2.11. The van der Waals surface area contributed by atoms with E-state index in [0.717, 1.165) is 28.4 Å². The molecule has 0 saturated heterocycles. The molecule has 0 bridgehead atoms. The van der Waals surface area contributed by atoms with Crippen molar-refractivity contribution in [2.24, 2.45) is 0 Å². The van der Waals surface area contributed by atoms with Crippen molar-refractivity contribution in [3.05, 3.63) is 41.5 Å². The van der Waals surface area contributed by atoms with Gasteiger partial charge >= 0.3 is 0 Å². The van der Waals surface area contributed by atoms with E-state index in [2.05, 4.69) is 61.8 Å². The fraction of sp³-hybridized carbons (Fsp3) is 0.593. The molecule has 0 aliphatic heterocycles. The molecule has 0 saturated carbocycles. The van der Waals surface area contributed by atoms with Gasteiger partial charge < -0.3 is 4.74 Å². The Balaban J connectivity index is 1.48. The van der Waals surface area contributed by atoms with E-state index in [1.165, 1.54) is 75.5 Å². The third-order valence-corrected chi connectivity index (χ3v) is 6.99. The first-order valence-corrected chi connectivity index (χ1v) is 13.3. The zero-order chi connectivity index (χ0) is 21.9. The van der Waals surface area contributed by atoms with Crippen molar-refractivity contribution in [3.63, 3.8) is 0 Å². The van der Waals surface area contributed by atoms with Crippen molar-refractivity contribution in [1.82, 2.24) is 9.38 Å². The van der Waals surface area contributed by atoms with Crippen LogP contribution < -0.4 is 4.74 Å². The van der Waals surface area contributed by atoms with Gasteiger partial charge in [0.2, 0.25) is 0 Å². The number of hydrogen-bond acceptors (Lipinski definition) is 3. The summed E-state index contributed by atoms with van der Waals surface area (Å²) in [7, 11) is 0. The SMILES string of the molecule is CCCCCCCCc1cn2cc(-c3ccc(OC(C)CCCCCC)cc3)nc2s1. The number of fused-ring (bicyclic) bond motifs is 1. The minimum absolute atomic E-state index is 0.269. The fourth-order valence-electron chi connectivity index (χ4n) is 4.03. The zero-order valence-electron chi connectivity index (χ0n) is 19.7. The maximum absolute atomic E-state index is 6.09. The van der Waals surface area contributed by atoms with E-state index in [1.807, 2.05) is 11.3 Å². The van der Waals surface area contributed by atoms with E-state index in [0.29, 0.717) is 0 Å². The van der Waals surface area contributed by atoms with Gasteiger partial charge in [0, 0.05) is 22.8 Å². The molecule has 31 heavy (non-hydrogen) atoms. The molecular formula is C27H40N2OS. The van der Waals surface area contributed by atoms with E-state index in [9.17, 15) is 0 Å². The van der Waals surface area contributed by atoms with Gasteiger partial charge in [-0.1, -0.05) is 65.2 Å². The number of aryl methyl sites for hydroxylation is 1. The highest BCUT2D eigenvalue weighted by molar-refractivity contribution is 7.17. The Morgan fingerprint density at radius 1 is 0.871 bits per heavy atom. The molecule has 0 spiro atoms. The summed E-state index contributed by atoms with van der Waals surface area (Å²) >= 11 is 1.83. The first-order valence-electron chi connectivity index (χ1n) is 12.4. The van der Waals surface area contributed by atoms with Crippen molar-refractivity contribution in [1.29, 1.82) is 0 Å². The van der Waals surface area contributed by atoms with Crippen LogP contribution in [0.5, 0.6) is 5.75 Å². The number of thiazole rings is 1. The third kappa shape index (κ3) is 7.68. The van der Waals surface area contributed by atoms with Gasteiger partial charge in [0.05, 0.1) is 11.8 Å². The average molecular weight is 441 g/mol. The lowest BCUT2D eigenvalue weighted by atomic mass is 10.1. The van der Waals surface area contributed by atoms with Gasteiger partial charge in [0.1, 0.15) is 5.75 Å². The van der Waals surface area contributed by atoms with Crippen molar-refractivity contribution in [3.8, 4) is 17.0 Å². The van der Waals surface area contributed by atoms with E-state index >= 15 is 0 Å².